The van der Waals surface area contributed by atoms with Gasteiger partial charge in [-0.15, -0.1) is 0 Å². The second-order valence-corrected chi connectivity index (χ2v) is 5.41. The predicted octanol–water partition coefficient (Wildman–Crippen LogP) is -0.208. The molecule has 3 aliphatic rings. The van der Waals surface area contributed by atoms with Crippen molar-refractivity contribution in [3.63, 3.8) is 0 Å². The van der Waals surface area contributed by atoms with Gasteiger partial charge in [-0.05, 0) is 24.7 Å². The number of carbonyl (C=O) groups is 1. The number of amides is 1. The number of hydrogen-bond donors (Lipinski definition) is 2. The number of nitrogens with two attached hydrogens (primary N) is 1. The minimum atomic E-state index is 0.225. The van der Waals surface area contributed by atoms with E-state index in [1.54, 1.807) is 0 Å². The summed E-state index contributed by atoms with van der Waals surface area (Å²) in [7, 11) is 0. The van der Waals surface area contributed by atoms with Crippen molar-refractivity contribution in [3.05, 3.63) is 0 Å². The van der Waals surface area contributed by atoms with Gasteiger partial charge in [-0.25, -0.2) is 0 Å². The van der Waals surface area contributed by atoms with Crippen molar-refractivity contribution in [1.29, 1.82) is 0 Å². The molecule has 0 aromatic carbocycles. The average molecular weight is 223 g/mol. The van der Waals surface area contributed by atoms with Crippen molar-refractivity contribution in [2.24, 2.45) is 23.5 Å². The molecule has 3 N–H and O–H groups in total. The van der Waals surface area contributed by atoms with E-state index < -0.39 is 0 Å². The summed E-state index contributed by atoms with van der Waals surface area (Å²) in [6.45, 7) is 3.21. The van der Waals surface area contributed by atoms with Crippen LogP contribution in [-0.4, -0.2) is 43.0 Å². The summed E-state index contributed by atoms with van der Waals surface area (Å²) in [6, 6.07) is 0.225. The number of nitrogens with zero attached hydrogens (tertiary/aromatic N) is 1. The van der Waals surface area contributed by atoms with Crippen molar-refractivity contribution in [2.45, 2.75) is 25.3 Å². The SMILES string of the molecule is NCC1CNCCN1C(=O)C1C2CCCC21. The van der Waals surface area contributed by atoms with Crippen LogP contribution in [-0.2, 0) is 4.79 Å². The number of rotatable bonds is 2. The zero-order valence-corrected chi connectivity index (χ0v) is 9.69. The summed E-state index contributed by atoms with van der Waals surface area (Å²) < 4.78 is 0. The first-order valence-electron chi connectivity index (χ1n) is 6.54. The molecule has 3 fully saturated rings. The first-order valence-corrected chi connectivity index (χ1v) is 6.54. The molecule has 2 aliphatic carbocycles. The molecule has 2 saturated carbocycles. The van der Waals surface area contributed by atoms with Gasteiger partial charge in [0.15, 0.2) is 0 Å². The molecule has 3 rings (SSSR count). The third kappa shape index (κ3) is 1.55. The average Bonchev–Trinajstić information content (AvgIpc) is 2.81. The standard InChI is InChI=1S/C12H21N3O/c13-6-8-7-14-4-5-15(8)12(16)11-9-2-1-3-10(9)11/h8-11,14H,1-7,13H2. The Morgan fingerprint density at radius 1 is 1.38 bits per heavy atom. The Balaban J connectivity index is 1.65. The van der Waals surface area contributed by atoms with E-state index in [2.05, 4.69) is 5.32 Å². The molecule has 0 aromatic heterocycles. The summed E-state index contributed by atoms with van der Waals surface area (Å²) in [4.78, 5) is 14.4. The fourth-order valence-corrected chi connectivity index (χ4v) is 3.64. The van der Waals surface area contributed by atoms with Gasteiger partial charge in [0, 0.05) is 32.1 Å². The van der Waals surface area contributed by atoms with Crippen LogP contribution in [0.4, 0.5) is 0 Å². The predicted molar refractivity (Wildman–Crippen MR) is 61.7 cm³/mol. The molecule has 0 aromatic rings. The molecule has 3 atom stereocenters. The third-order valence-corrected chi connectivity index (χ3v) is 4.60. The van der Waals surface area contributed by atoms with Crippen LogP contribution >= 0.6 is 0 Å². The summed E-state index contributed by atoms with van der Waals surface area (Å²) in [5.41, 5.74) is 5.73. The van der Waals surface area contributed by atoms with E-state index in [1.165, 1.54) is 19.3 Å². The molecule has 3 unspecified atom stereocenters. The lowest BCUT2D eigenvalue weighted by Crippen LogP contribution is -2.57. The molecule has 4 nitrogen and oxygen atoms in total. The summed E-state index contributed by atoms with van der Waals surface area (Å²) in [5, 5.41) is 3.31. The summed E-state index contributed by atoms with van der Waals surface area (Å²) in [6.07, 6.45) is 3.89. The molecule has 1 aliphatic heterocycles. The largest absolute Gasteiger partial charge is 0.336 e. The van der Waals surface area contributed by atoms with Crippen molar-refractivity contribution >= 4 is 5.91 Å². The number of hydrogen-bond acceptors (Lipinski definition) is 3. The molecule has 0 bridgehead atoms. The Morgan fingerprint density at radius 3 is 2.81 bits per heavy atom. The van der Waals surface area contributed by atoms with Gasteiger partial charge in [-0.3, -0.25) is 4.79 Å². The van der Waals surface area contributed by atoms with Crippen LogP contribution in [0.25, 0.3) is 0 Å². The highest BCUT2D eigenvalue weighted by Gasteiger charge is 2.57. The Labute approximate surface area is 96.5 Å². The molecule has 0 radical (unpaired) electrons. The van der Waals surface area contributed by atoms with Gasteiger partial charge in [0.2, 0.25) is 5.91 Å². The minimum Gasteiger partial charge on any atom is -0.336 e. The maximum absolute atomic E-state index is 12.4. The molecular formula is C12H21N3O. The first kappa shape index (κ1) is 10.5. The van der Waals surface area contributed by atoms with Gasteiger partial charge in [0.05, 0.1) is 6.04 Å². The molecule has 0 spiro atoms. The maximum Gasteiger partial charge on any atom is 0.226 e. The lowest BCUT2D eigenvalue weighted by molar-refractivity contribution is -0.136. The first-order chi connectivity index (χ1) is 7.83. The Bertz CT molecular complexity index is 284. The van der Waals surface area contributed by atoms with Crippen LogP contribution < -0.4 is 11.1 Å². The van der Waals surface area contributed by atoms with E-state index in [1.807, 2.05) is 4.90 Å². The van der Waals surface area contributed by atoms with E-state index in [9.17, 15) is 4.79 Å². The monoisotopic (exact) mass is 223 g/mol. The maximum atomic E-state index is 12.4. The highest BCUT2D eigenvalue weighted by atomic mass is 16.2. The van der Waals surface area contributed by atoms with Gasteiger partial charge >= 0.3 is 0 Å². The third-order valence-electron chi connectivity index (χ3n) is 4.60. The van der Waals surface area contributed by atoms with Crippen LogP contribution in [0.3, 0.4) is 0 Å². The number of piperazine rings is 1. The number of carbonyl (C=O) groups excluding carboxylic acids is 1. The molecular weight excluding hydrogens is 202 g/mol. The van der Waals surface area contributed by atoms with Gasteiger partial charge < -0.3 is 16.0 Å². The molecule has 1 heterocycles. The molecule has 4 heteroatoms. The minimum absolute atomic E-state index is 0.225. The van der Waals surface area contributed by atoms with E-state index >= 15 is 0 Å². The smallest absolute Gasteiger partial charge is 0.226 e. The second kappa shape index (κ2) is 4.00. The zero-order valence-electron chi connectivity index (χ0n) is 9.69. The van der Waals surface area contributed by atoms with E-state index in [0.717, 1.165) is 31.5 Å². The summed E-state index contributed by atoms with van der Waals surface area (Å²) >= 11 is 0. The van der Waals surface area contributed by atoms with Crippen LogP contribution in [0, 0.1) is 17.8 Å². The highest BCUT2D eigenvalue weighted by Crippen LogP contribution is 2.58. The van der Waals surface area contributed by atoms with Gasteiger partial charge in [0.25, 0.3) is 0 Å². The van der Waals surface area contributed by atoms with Crippen LogP contribution in [0.1, 0.15) is 19.3 Å². The van der Waals surface area contributed by atoms with Crippen molar-refractivity contribution in [2.75, 3.05) is 26.2 Å². The molecule has 16 heavy (non-hydrogen) atoms. The Kier molecular flexibility index (Phi) is 2.64. The quantitative estimate of drug-likeness (QED) is 0.681. The van der Waals surface area contributed by atoms with Gasteiger partial charge in [0.1, 0.15) is 0 Å². The zero-order chi connectivity index (χ0) is 11.1. The normalized spacial score (nSPS) is 41.9. The fraction of sp³-hybridized carbons (Fsp3) is 0.917. The number of nitrogens with one attached hydrogen (secondary N) is 1. The van der Waals surface area contributed by atoms with Crippen LogP contribution in [0.5, 0.6) is 0 Å². The van der Waals surface area contributed by atoms with Crippen molar-refractivity contribution in [3.8, 4) is 0 Å². The Hall–Kier alpha value is -0.610. The fourth-order valence-electron chi connectivity index (χ4n) is 3.64. The second-order valence-electron chi connectivity index (χ2n) is 5.41. The van der Waals surface area contributed by atoms with Crippen molar-refractivity contribution in [1.82, 2.24) is 10.2 Å². The molecule has 90 valence electrons. The Morgan fingerprint density at radius 2 is 2.12 bits per heavy atom. The number of fused-ring (bicyclic) bond motifs is 1. The topological polar surface area (TPSA) is 58.4 Å². The van der Waals surface area contributed by atoms with Crippen LogP contribution in [0.2, 0.25) is 0 Å². The van der Waals surface area contributed by atoms with Gasteiger partial charge in [-0.2, -0.15) is 0 Å². The van der Waals surface area contributed by atoms with E-state index in [-0.39, 0.29) is 6.04 Å². The van der Waals surface area contributed by atoms with Crippen molar-refractivity contribution < 1.29 is 4.79 Å². The summed E-state index contributed by atoms with van der Waals surface area (Å²) in [5.74, 6) is 2.20. The molecule has 1 saturated heterocycles. The van der Waals surface area contributed by atoms with Crippen LogP contribution in [0.15, 0.2) is 0 Å². The lowest BCUT2D eigenvalue weighted by Gasteiger charge is -2.36. The van der Waals surface area contributed by atoms with E-state index in [4.69, 9.17) is 5.73 Å². The highest BCUT2D eigenvalue weighted by molar-refractivity contribution is 5.83. The molecule has 1 amide bonds. The lowest BCUT2D eigenvalue weighted by atomic mass is 10.1. The van der Waals surface area contributed by atoms with Gasteiger partial charge in [-0.1, -0.05) is 6.42 Å². The van der Waals surface area contributed by atoms with E-state index in [0.29, 0.717) is 18.4 Å².